The number of H-pyrrole nitrogens is 1. The van der Waals surface area contributed by atoms with Crippen LogP contribution in [-0.2, 0) is 22.4 Å². The fourth-order valence-corrected chi connectivity index (χ4v) is 2.00. The van der Waals surface area contributed by atoms with E-state index in [1.807, 2.05) is 13.0 Å². The summed E-state index contributed by atoms with van der Waals surface area (Å²) in [6, 6.07) is 2.75. The third-order valence-electron chi connectivity index (χ3n) is 3.24. The van der Waals surface area contributed by atoms with E-state index in [1.165, 1.54) is 13.4 Å². The van der Waals surface area contributed by atoms with Crippen LogP contribution < -0.4 is 5.32 Å². The number of amides is 1. The van der Waals surface area contributed by atoms with E-state index in [4.69, 9.17) is 4.74 Å². The number of carbonyl (C=O) groups excluding carboxylic acids is 2. The van der Waals surface area contributed by atoms with Crippen molar-refractivity contribution in [3.8, 4) is 0 Å². The number of nitrogens with one attached hydrogen (secondary N) is 2. The third-order valence-corrected chi connectivity index (χ3v) is 3.24. The monoisotopic (exact) mass is 302 g/mol. The lowest BCUT2D eigenvalue weighted by Gasteiger charge is -2.15. The van der Waals surface area contributed by atoms with Gasteiger partial charge in [0.05, 0.1) is 13.4 Å². The van der Waals surface area contributed by atoms with Gasteiger partial charge in [0.1, 0.15) is 11.7 Å². The number of methoxy groups -OCH3 is 1. The van der Waals surface area contributed by atoms with Gasteiger partial charge in [0.25, 0.3) is 5.91 Å². The van der Waals surface area contributed by atoms with E-state index in [-0.39, 0.29) is 12.1 Å². The Kier molecular flexibility index (Phi) is 5.24. The average Bonchev–Trinajstić information content (AvgIpc) is 3.06. The molecule has 0 saturated heterocycles. The second-order valence-electron chi connectivity index (χ2n) is 4.73. The minimum Gasteiger partial charge on any atom is -0.467 e. The van der Waals surface area contributed by atoms with E-state index in [9.17, 15) is 9.59 Å². The molecule has 0 aliphatic heterocycles. The SMILES string of the molecule is CCc1ccnc(C(=O)N[C@H](Cc2cnc[nH]2)C(=O)OC)c1. The van der Waals surface area contributed by atoms with E-state index >= 15 is 0 Å². The molecule has 0 saturated carbocycles. The van der Waals surface area contributed by atoms with Crippen molar-refractivity contribution < 1.29 is 14.3 Å². The van der Waals surface area contributed by atoms with Gasteiger partial charge >= 0.3 is 5.97 Å². The van der Waals surface area contributed by atoms with Crippen LogP contribution >= 0.6 is 0 Å². The molecule has 2 heterocycles. The molecule has 2 aromatic rings. The Balaban J connectivity index is 2.11. The summed E-state index contributed by atoms with van der Waals surface area (Å²) in [6.07, 6.45) is 5.76. The molecule has 1 atom stereocenters. The maximum Gasteiger partial charge on any atom is 0.328 e. The van der Waals surface area contributed by atoms with Crippen LogP contribution in [0.15, 0.2) is 30.9 Å². The van der Waals surface area contributed by atoms with Gasteiger partial charge in [0.15, 0.2) is 0 Å². The van der Waals surface area contributed by atoms with Gasteiger partial charge in [-0.05, 0) is 24.1 Å². The number of carbonyl (C=O) groups is 2. The molecule has 2 N–H and O–H groups in total. The molecule has 0 bridgehead atoms. The zero-order valence-electron chi connectivity index (χ0n) is 12.5. The van der Waals surface area contributed by atoms with Gasteiger partial charge < -0.3 is 15.0 Å². The van der Waals surface area contributed by atoms with Crippen LogP contribution in [0.4, 0.5) is 0 Å². The number of ether oxygens (including phenoxy) is 1. The predicted octanol–water partition coefficient (Wildman–Crippen LogP) is 0.881. The summed E-state index contributed by atoms with van der Waals surface area (Å²) in [4.78, 5) is 34.9. The van der Waals surface area contributed by atoms with Crippen molar-refractivity contribution in [2.45, 2.75) is 25.8 Å². The number of aryl methyl sites for hydroxylation is 1. The molecule has 2 rings (SSSR count). The first-order chi connectivity index (χ1) is 10.6. The number of esters is 1. The van der Waals surface area contributed by atoms with Crippen LogP contribution in [0.1, 0.15) is 28.7 Å². The highest BCUT2D eigenvalue weighted by Crippen LogP contribution is 2.05. The van der Waals surface area contributed by atoms with Crippen molar-refractivity contribution in [1.82, 2.24) is 20.3 Å². The van der Waals surface area contributed by atoms with Gasteiger partial charge in [0, 0.05) is 24.5 Å². The Hall–Kier alpha value is -2.70. The maximum atomic E-state index is 12.3. The summed E-state index contributed by atoms with van der Waals surface area (Å²) in [7, 11) is 1.28. The molecule has 7 nitrogen and oxygen atoms in total. The molecule has 2 aromatic heterocycles. The Labute approximate surface area is 128 Å². The molecule has 0 spiro atoms. The van der Waals surface area contributed by atoms with Crippen molar-refractivity contribution in [2.24, 2.45) is 0 Å². The molecule has 0 fully saturated rings. The molecule has 0 radical (unpaired) electrons. The summed E-state index contributed by atoms with van der Waals surface area (Å²) in [6.45, 7) is 1.99. The van der Waals surface area contributed by atoms with Crippen LogP contribution in [0.25, 0.3) is 0 Å². The second-order valence-corrected chi connectivity index (χ2v) is 4.73. The van der Waals surface area contributed by atoms with Gasteiger partial charge in [-0.3, -0.25) is 9.78 Å². The van der Waals surface area contributed by atoms with Crippen molar-refractivity contribution in [3.63, 3.8) is 0 Å². The van der Waals surface area contributed by atoms with Gasteiger partial charge in [-0.1, -0.05) is 6.92 Å². The van der Waals surface area contributed by atoms with E-state index < -0.39 is 17.9 Å². The van der Waals surface area contributed by atoms with Crippen molar-refractivity contribution in [1.29, 1.82) is 0 Å². The van der Waals surface area contributed by atoms with Crippen molar-refractivity contribution in [2.75, 3.05) is 7.11 Å². The first-order valence-electron chi connectivity index (χ1n) is 6.95. The number of imidazole rings is 1. The quantitative estimate of drug-likeness (QED) is 0.772. The lowest BCUT2D eigenvalue weighted by Crippen LogP contribution is -2.43. The number of rotatable bonds is 6. The van der Waals surface area contributed by atoms with Crippen LogP contribution in [0, 0.1) is 0 Å². The topological polar surface area (TPSA) is 97.0 Å². The first kappa shape index (κ1) is 15.7. The minimum atomic E-state index is -0.801. The highest BCUT2D eigenvalue weighted by molar-refractivity contribution is 5.95. The standard InChI is InChI=1S/C15H18N4O3/c1-3-10-4-5-17-12(6-10)14(20)19-13(15(21)22-2)7-11-8-16-9-18-11/h4-6,8-9,13H,3,7H2,1-2H3,(H,16,18)(H,19,20)/t13-/m1/s1. The lowest BCUT2D eigenvalue weighted by atomic mass is 10.1. The van der Waals surface area contributed by atoms with Gasteiger partial charge in [-0.25, -0.2) is 9.78 Å². The molecule has 1 amide bonds. The molecule has 0 unspecified atom stereocenters. The Morgan fingerprint density at radius 1 is 1.45 bits per heavy atom. The smallest absolute Gasteiger partial charge is 0.328 e. The summed E-state index contributed by atoms with van der Waals surface area (Å²) >= 11 is 0. The van der Waals surface area contributed by atoms with E-state index in [0.29, 0.717) is 0 Å². The van der Waals surface area contributed by atoms with Crippen LogP contribution in [0.2, 0.25) is 0 Å². The highest BCUT2D eigenvalue weighted by Gasteiger charge is 2.23. The van der Waals surface area contributed by atoms with Gasteiger partial charge in [-0.15, -0.1) is 0 Å². The molecule has 0 aromatic carbocycles. The lowest BCUT2D eigenvalue weighted by molar-refractivity contribution is -0.142. The number of aromatic amines is 1. The zero-order valence-corrected chi connectivity index (χ0v) is 12.5. The number of nitrogens with zero attached hydrogens (tertiary/aromatic N) is 2. The van der Waals surface area contributed by atoms with Crippen LogP contribution in [0.5, 0.6) is 0 Å². The molecule has 22 heavy (non-hydrogen) atoms. The predicted molar refractivity (Wildman–Crippen MR) is 79.2 cm³/mol. The third kappa shape index (κ3) is 3.91. The van der Waals surface area contributed by atoms with Gasteiger partial charge in [-0.2, -0.15) is 0 Å². The Morgan fingerprint density at radius 2 is 2.27 bits per heavy atom. The molecular weight excluding hydrogens is 284 g/mol. The average molecular weight is 302 g/mol. The number of pyridine rings is 1. The molecular formula is C15H18N4O3. The second kappa shape index (κ2) is 7.35. The number of hydrogen-bond acceptors (Lipinski definition) is 5. The van der Waals surface area contributed by atoms with Crippen molar-refractivity contribution >= 4 is 11.9 Å². The molecule has 7 heteroatoms. The van der Waals surface area contributed by atoms with Crippen LogP contribution in [-0.4, -0.2) is 40.0 Å². The Bertz CT molecular complexity index is 640. The van der Waals surface area contributed by atoms with E-state index in [2.05, 4.69) is 20.3 Å². The minimum absolute atomic E-state index is 0.270. The molecule has 116 valence electrons. The highest BCUT2D eigenvalue weighted by atomic mass is 16.5. The summed E-state index contributed by atoms with van der Waals surface area (Å²) in [5, 5.41) is 2.65. The van der Waals surface area contributed by atoms with Crippen molar-refractivity contribution in [3.05, 3.63) is 47.8 Å². The van der Waals surface area contributed by atoms with Gasteiger partial charge in [0.2, 0.25) is 0 Å². The number of aromatic nitrogens is 3. The Morgan fingerprint density at radius 3 is 2.91 bits per heavy atom. The fraction of sp³-hybridized carbons (Fsp3) is 0.333. The normalized spacial score (nSPS) is 11.7. The zero-order chi connectivity index (χ0) is 15.9. The summed E-state index contributed by atoms with van der Waals surface area (Å²) in [5.41, 5.74) is 2.01. The number of hydrogen-bond donors (Lipinski definition) is 2. The van der Waals surface area contributed by atoms with E-state index in [1.54, 1.807) is 18.5 Å². The molecule has 0 aliphatic rings. The summed E-state index contributed by atoms with van der Waals surface area (Å²) < 4.78 is 4.73. The first-order valence-corrected chi connectivity index (χ1v) is 6.95. The van der Waals surface area contributed by atoms with Crippen LogP contribution in [0.3, 0.4) is 0 Å². The maximum absolute atomic E-state index is 12.3. The van der Waals surface area contributed by atoms with E-state index in [0.717, 1.165) is 17.7 Å². The summed E-state index contributed by atoms with van der Waals surface area (Å²) in [5.74, 6) is -0.931. The molecule has 0 aliphatic carbocycles. The fourth-order valence-electron chi connectivity index (χ4n) is 2.00. The largest absolute Gasteiger partial charge is 0.467 e.